The molecule has 0 aromatic rings. The maximum atomic E-state index is 6.65. The van der Waals surface area contributed by atoms with Crippen LogP contribution < -0.4 is 0 Å². The normalized spacial score (nSPS) is 35.6. The van der Waals surface area contributed by atoms with E-state index in [1.807, 2.05) is 0 Å². The molecule has 0 bridgehead atoms. The van der Waals surface area contributed by atoms with Crippen molar-refractivity contribution in [3.63, 3.8) is 0 Å². The molecule has 1 saturated heterocycles. The lowest BCUT2D eigenvalue weighted by Crippen LogP contribution is -2.55. The van der Waals surface area contributed by atoms with E-state index >= 15 is 0 Å². The van der Waals surface area contributed by atoms with Crippen LogP contribution in [-0.4, -0.2) is 14.9 Å². The molecular formula is C16H30OSi. The van der Waals surface area contributed by atoms with Gasteiger partial charge in [0.2, 0.25) is 8.32 Å². The lowest BCUT2D eigenvalue weighted by Gasteiger charge is -2.52. The van der Waals surface area contributed by atoms with Gasteiger partial charge in [-0.25, -0.2) is 0 Å². The van der Waals surface area contributed by atoms with Gasteiger partial charge in [0.05, 0.1) is 0 Å². The van der Waals surface area contributed by atoms with Crippen LogP contribution in [0.5, 0.6) is 0 Å². The van der Waals surface area contributed by atoms with E-state index in [1.54, 1.807) is 0 Å². The molecule has 1 heterocycles. The topological polar surface area (TPSA) is 9.23 Å². The summed E-state index contributed by atoms with van der Waals surface area (Å²) in [6.07, 6.45) is 6.19. The Kier molecular flexibility index (Phi) is 3.35. The van der Waals surface area contributed by atoms with Gasteiger partial charge >= 0.3 is 0 Å². The SMILES string of the molecule is C[C@@H]1C=C[C@@H]2CO[Si](C(C)(C)C)(C(C)(C)C)[C@@H]2C1. The van der Waals surface area contributed by atoms with E-state index in [0.29, 0.717) is 16.0 Å². The Bertz CT molecular complexity index is 331. The molecule has 2 rings (SSSR count). The minimum Gasteiger partial charge on any atom is -0.415 e. The molecule has 0 aromatic heterocycles. The summed E-state index contributed by atoms with van der Waals surface area (Å²) in [5, 5.41) is 0.630. The van der Waals surface area contributed by atoms with E-state index in [9.17, 15) is 0 Å². The predicted molar refractivity (Wildman–Crippen MR) is 81.3 cm³/mol. The highest BCUT2D eigenvalue weighted by Gasteiger charge is 2.64. The average Bonchev–Trinajstić information content (AvgIpc) is 2.54. The summed E-state index contributed by atoms with van der Waals surface area (Å²) in [7, 11) is -1.79. The van der Waals surface area contributed by atoms with Gasteiger partial charge in [-0.2, -0.15) is 0 Å². The summed E-state index contributed by atoms with van der Waals surface area (Å²) in [6.45, 7) is 17.8. The van der Waals surface area contributed by atoms with Gasteiger partial charge in [-0.3, -0.25) is 0 Å². The second-order valence-corrected chi connectivity index (χ2v) is 13.9. The molecule has 0 amide bonds. The van der Waals surface area contributed by atoms with Crippen LogP contribution in [0.1, 0.15) is 54.9 Å². The van der Waals surface area contributed by atoms with Crippen molar-refractivity contribution in [2.45, 2.75) is 70.5 Å². The minimum atomic E-state index is -1.79. The van der Waals surface area contributed by atoms with E-state index in [1.165, 1.54) is 6.42 Å². The van der Waals surface area contributed by atoms with Crippen LogP contribution >= 0.6 is 0 Å². The van der Waals surface area contributed by atoms with Crippen LogP contribution in [0.3, 0.4) is 0 Å². The molecule has 2 aliphatic rings. The maximum Gasteiger partial charge on any atom is 0.207 e. The van der Waals surface area contributed by atoms with Crippen molar-refractivity contribution < 1.29 is 4.43 Å². The van der Waals surface area contributed by atoms with Crippen LogP contribution in [0.4, 0.5) is 0 Å². The Morgan fingerprint density at radius 3 is 2.06 bits per heavy atom. The van der Waals surface area contributed by atoms with Gasteiger partial charge in [-0.15, -0.1) is 0 Å². The van der Waals surface area contributed by atoms with Crippen LogP contribution in [0.15, 0.2) is 12.2 Å². The average molecular weight is 267 g/mol. The third kappa shape index (κ3) is 1.92. The predicted octanol–water partition coefficient (Wildman–Crippen LogP) is 5.14. The quantitative estimate of drug-likeness (QED) is 0.435. The first-order chi connectivity index (χ1) is 8.09. The molecule has 1 fully saturated rings. The van der Waals surface area contributed by atoms with Gasteiger partial charge in [0.25, 0.3) is 0 Å². The molecule has 2 heteroatoms. The molecule has 0 aromatic carbocycles. The Morgan fingerprint density at radius 1 is 1.00 bits per heavy atom. The molecule has 1 nitrogen and oxygen atoms in total. The van der Waals surface area contributed by atoms with E-state index < -0.39 is 8.32 Å². The third-order valence-corrected chi connectivity index (χ3v) is 11.9. The highest BCUT2D eigenvalue weighted by atomic mass is 28.4. The summed E-state index contributed by atoms with van der Waals surface area (Å²) in [5.74, 6) is 1.41. The molecule has 3 atom stereocenters. The van der Waals surface area contributed by atoms with Crippen molar-refractivity contribution in [2.75, 3.05) is 6.61 Å². The maximum absolute atomic E-state index is 6.65. The largest absolute Gasteiger partial charge is 0.415 e. The van der Waals surface area contributed by atoms with Crippen LogP contribution in [0.2, 0.25) is 15.6 Å². The fourth-order valence-corrected chi connectivity index (χ4v) is 12.3. The van der Waals surface area contributed by atoms with Crippen LogP contribution in [0, 0.1) is 11.8 Å². The van der Waals surface area contributed by atoms with Crippen LogP contribution in [-0.2, 0) is 4.43 Å². The van der Waals surface area contributed by atoms with Gasteiger partial charge in [0, 0.05) is 12.5 Å². The van der Waals surface area contributed by atoms with Crippen molar-refractivity contribution >= 4 is 8.32 Å². The highest BCUT2D eigenvalue weighted by Crippen LogP contribution is 2.64. The third-order valence-electron chi connectivity index (χ3n) is 5.08. The van der Waals surface area contributed by atoms with E-state index in [-0.39, 0.29) is 0 Å². The summed E-state index contributed by atoms with van der Waals surface area (Å²) in [5.41, 5.74) is 0.803. The molecule has 104 valence electrons. The summed E-state index contributed by atoms with van der Waals surface area (Å²) in [6, 6.07) is 0. The van der Waals surface area contributed by atoms with Gasteiger partial charge in [0.1, 0.15) is 0 Å². The van der Waals surface area contributed by atoms with Crippen molar-refractivity contribution in [1.82, 2.24) is 0 Å². The van der Waals surface area contributed by atoms with E-state index in [2.05, 4.69) is 60.6 Å². The molecule has 0 saturated carbocycles. The second kappa shape index (κ2) is 4.21. The highest BCUT2D eigenvalue weighted by molar-refractivity contribution is 6.81. The fourth-order valence-electron chi connectivity index (χ4n) is 4.76. The molecule has 1 aliphatic heterocycles. The molecule has 0 unspecified atom stereocenters. The summed E-state index contributed by atoms with van der Waals surface area (Å²) >= 11 is 0. The zero-order valence-electron chi connectivity index (χ0n) is 13.2. The molecular weight excluding hydrogens is 236 g/mol. The summed E-state index contributed by atoms with van der Waals surface area (Å²) < 4.78 is 6.65. The Morgan fingerprint density at radius 2 is 1.56 bits per heavy atom. The molecule has 18 heavy (non-hydrogen) atoms. The van der Waals surface area contributed by atoms with Gasteiger partial charge in [-0.1, -0.05) is 60.6 Å². The Hall–Kier alpha value is -0.0831. The first-order valence-corrected chi connectivity index (χ1v) is 9.40. The van der Waals surface area contributed by atoms with Crippen molar-refractivity contribution in [2.24, 2.45) is 11.8 Å². The molecule has 0 N–H and O–H groups in total. The summed E-state index contributed by atoms with van der Waals surface area (Å²) in [4.78, 5) is 0. The first-order valence-electron chi connectivity index (χ1n) is 7.42. The zero-order valence-corrected chi connectivity index (χ0v) is 14.2. The zero-order chi connectivity index (χ0) is 13.8. The number of rotatable bonds is 0. The van der Waals surface area contributed by atoms with E-state index in [4.69, 9.17) is 4.43 Å². The Labute approximate surface area is 114 Å². The van der Waals surface area contributed by atoms with Crippen LogP contribution in [0.25, 0.3) is 0 Å². The number of fused-ring (bicyclic) bond motifs is 1. The minimum absolute atomic E-state index is 0.315. The van der Waals surface area contributed by atoms with Gasteiger partial charge < -0.3 is 4.43 Å². The molecule has 0 spiro atoms. The standard InChI is InChI=1S/C16H30OSi/c1-12-8-9-13-11-17-18(14(13)10-12,15(2,3)4)16(5,6)7/h8-9,12-14H,10-11H2,1-7H3/t12-,13-,14-/m1/s1. The number of hydrogen-bond acceptors (Lipinski definition) is 1. The lowest BCUT2D eigenvalue weighted by atomic mass is 9.89. The fraction of sp³-hybridized carbons (Fsp3) is 0.875. The van der Waals surface area contributed by atoms with Crippen molar-refractivity contribution in [1.29, 1.82) is 0 Å². The number of allylic oxidation sites excluding steroid dienone is 1. The van der Waals surface area contributed by atoms with Gasteiger partial charge in [0.15, 0.2) is 0 Å². The first kappa shape index (κ1) is 14.3. The monoisotopic (exact) mass is 266 g/mol. The van der Waals surface area contributed by atoms with E-state index in [0.717, 1.165) is 18.1 Å². The lowest BCUT2D eigenvalue weighted by molar-refractivity contribution is 0.285. The van der Waals surface area contributed by atoms with Crippen molar-refractivity contribution in [3.8, 4) is 0 Å². The smallest absolute Gasteiger partial charge is 0.207 e. The molecule has 1 aliphatic carbocycles. The van der Waals surface area contributed by atoms with Gasteiger partial charge in [-0.05, 0) is 28.0 Å². The number of hydrogen-bond donors (Lipinski definition) is 0. The second-order valence-electron chi connectivity index (χ2n) is 8.41. The molecule has 0 radical (unpaired) electrons. The van der Waals surface area contributed by atoms with Crippen molar-refractivity contribution in [3.05, 3.63) is 12.2 Å². The Balaban J connectivity index is 2.47.